The van der Waals surface area contributed by atoms with E-state index in [1.54, 1.807) is 12.1 Å². The number of para-hydroxylation sites is 2. The van der Waals surface area contributed by atoms with Gasteiger partial charge in [-0.15, -0.1) is 0 Å². The lowest BCUT2D eigenvalue weighted by Gasteiger charge is -2.22. The van der Waals surface area contributed by atoms with E-state index in [0.29, 0.717) is 11.3 Å². The van der Waals surface area contributed by atoms with Crippen LogP contribution in [-0.4, -0.2) is 21.2 Å². The van der Waals surface area contributed by atoms with Crippen molar-refractivity contribution in [3.63, 3.8) is 0 Å². The number of nitrogens with one attached hydrogen (secondary N) is 1. The molecule has 0 bridgehead atoms. The quantitative estimate of drug-likeness (QED) is 0.897. The van der Waals surface area contributed by atoms with E-state index in [0.717, 1.165) is 11.4 Å². The molecule has 0 amide bonds. The molecule has 0 aliphatic heterocycles. The highest BCUT2D eigenvalue weighted by Gasteiger charge is 2.13. The van der Waals surface area contributed by atoms with Crippen LogP contribution in [0.15, 0.2) is 42.5 Å². The van der Waals surface area contributed by atoms with Crippen molar-refractivity contribution in [1.82, 2.24) is 0 Å². The van der Waals surface area contributed by atoms with Gasteiger partial charge in [-0.25, -0.2) is 4.39 Å². The summed E-state index contributed by atoms with van der Waals surface area (Å²) >= 11 is 0. The minimum atomic E-state index is -0.267. The first-order valence-electron chi connectivity index (χ1n) is 6.89. The maximum Gasteiger partial charge on any atom is 0.132 e. The Morgan fingerprint density at radius 3 is 2.48 bits per heavy atom. The molecule has 112 valence electrons. The van der Waals surface area contributed by atoms with Gasteiger partial charge in [0.15, 0.2) is 0 Å². The van der Waals surface area contributed by atoms with E-state index in [-0.39, 0.29) is 11.9 Å². The highest BCUT2D eigenvalue weighted by atomic mass is 19.1. The van der Waals surface area contributed by atoms with Crippen LogP contribution in [0.25, 0.3) is 0 Å². The van der Waals surface area contributed by atoms with E-state index in [1.807, 2.05) is 50.2 Å². The Morgan fingerprint density at radius 2 is 1.86 bits per heavy atom. The average Bonchev–Trinajstić information content (AvgIpc) is 2.47. The first-order chi connectivity index (χ1) is 10.0. The molecule has 0 saturated heterocycles. The van der Waals surface area contributed by atoms with E-state index in [2.05, 4.69) is 5.32 Å². The number of halogens is 1. The lowest BCUT2D eigenvalue weighted by Crippen LogP contribution is -2.14. The van der Waals surface area contributed by atoms with Crippen molar-refractivity contribution in [2.24, 2.45) is 0 Å². The molecule has 1 atom stereocenters. The highest BCUT2D eigenvalue weighted by molar-refractivity contribution is 5.69. The van der Waals surface area contributed by atoms with Crippen molar-refractivity contribution >= 4 is 11.4 Å². The zero-order chi connectivity index (χ0) is 15.4. The van der Waals surface area contributed by atoms with Gasteiger partial charge in [0, 0.05) is 25.7 Å². The Hall–Kier alpha value is -2.23. The van der Waals surface area contributed by atoms with Crippen molar-refractivity contribution < 1.29 is 9.13 Å². The predicted octanol–water partition coefficient (Wildman–Crippen LogP) is 4.07. The minimum Gasteiger partial charge on any atom is -0.497 e. The summed E-state index contributed by atoms with van der Waals surface area (Å²) in [4.78, 5) is 2.03. The third kappa shape index (κ3) is 3.45. The molecular weight excluding hydrogens is 267 g/mol. The minimum absolute atomic E-state index is 0.142. The normalized spacial score (nSPS) is 11.9. The molecule has 0 heterocycles. The predicted molar refractivity (Wildman–Crippen MR) is 85.8 cm³/mol. The summed E-state index contributed by atoms with van der Waals surface area (Å²) in [5, 5.41) is 3.36. The molecule has 0 aliphatic rings. The summed E-state index contributed by atoms with van der Waals surface area (Å²) in [6.07, 6.45) is 0. The first kappa shape index (κ1) is 15.2. The fourth-order valence-corrected chi connectivity index (χ4v) is 2.28. The monoisotopic (exact) mass is 288 g/mol. The van der Waals surface area contributed by atoms with Gasteiger partial charge in [-0.2, -0.15) is 0 Å². The highest BCUT2D eigenvalue weighted by Crippen LogP contribution is 2.29. The summed E-state index contributed by atoms with van der Waals surface area (Å²) in [5.41, 5.74) is 2.66. The smallest absolute Gasteiger partial charge is 0.132 e. The van der Waals surface area contributed by atoms with Crippen molar-refractivity contribution in [3.8, 4) is 5.75 Å². The van der Waals surface area contributed by atoms with Crippen LogP contribution in [0.1, 0.15) is 18.5 Å². The van der Waals surface area contributed by atoms with Gasteiger partial charge in [-0.05, 0) is 25.1 Å². The molecule has 4 heteroatoms. The van der Waals surface area contributed by atoms with Crippen molar-refractivity contribution in [3.05, 3.63) is 53.8 Å². The molecule has 1 unspecified atom stereocenters. The van der Waals surface area contributed by atoms with Gasteiger partial charge in [-0.3, -0.25) is 0 Å². The van der Waals surface area contributed by atoms with Crippen LogP contribution < -0.4 is 15.0 Å². The fourth-order valence-electron chi connectivity index (χ4n) is 2.28. The van der Waals surface area contributed by atoms with Crippen molar-refractivity contribution in [1.29, 1.82) is 0 Å². The number of rotatable bonds is 5. The van der Waals surface area contributed by atoms with Crippen LogP contribution in [0.2, 0.25) is 0 Å². The molecule has 0 saturated carbocycles. The van der Waals surface area contributed by atoms with Crippen LogP contribution in [0, 0.1) is 5.82 Å². The van der Waals surface area contributed by atoms with Gasteiger partial charge in [-0.1, -0.05) is 18.2 Å². The van der Waals surface area contributed by atoms with E-state index in [1.165, 1.54) is 13.2 Å². The summed E-state index contributed by atoms with van der Waals surface area (Å²) in [5.74, 6) is 0.258. The summed E-state index contributed by atoms with van der Waals surface area (Å²) in [6, 6.07) is 12.8. The average molecular weight is 288 g/mol. The Kier molecular flexibility index (Phi) is 4.68. The maximum absolute atomic E-state index is 14.1. The largest absolute Gasteiger partial charge is 0.497 e. The molecule has 2 aromatic carbocycles. The van der Waals surface area contributed by atoms with Gasteiger partial charge in [0.1, 0.15) is 11.6 Å². The molecule has 3 nitrogen and oxygen atoms in total. The number of hydrogen-bond acceptors (Lipinski definition) is 3. The topological polar surface area (TPSA) is 24.5 Å². The van der Waals surface area contributed by atoms with Gasteiger partial charge in [0.2, 0.25) is 0 Å². The molecule has 21 heavy (non-hydrogen) atoms. The number of methoxy groups -OCH3 is 1. The molecule has 0 fully saturated rings. The second kappa shape index (κ2) is 6.48. The summed E-state index contributed by atoms with van der Waals surface area (Å²) in [6.45, 7) is 1.94. The number of ether oxygens (including phenoxy) is 1. The number of anilines is 2. The standard InChI is InChI=1S/C17H21FN2O/c1-12(14-10-9-13(21-4)11-15(14)18)19-16-7-5-6-8-17(16)20(2)3/h5-12,19H,1-4H3. The van der Waals surface area contributed by atoms with Crippen molar-refractivity contribution in [2.75, 3.05) is 31.4 Å². The molecule has 2 rings (SSSR count). The lowest BCUT2D eigenvalue weighted by atomic mass is 10.1. The Bertz CT molecular complexity index is 613. The fraction of sp³-hybridized carbons (Fsp3) is 0.294. The van der Waals surface area contributed by atoms with Gasteiger partial charge in [0.05, 0.1) is 24.5 Å². The molecular formula is C17H21FN2O. The van der Waals surface area contributed by atoms with Gasteiger partial charge in [0.25, 0.3) is 0 Å². The molecule has 0 radical (unpaired) electrons. The summed E-state index contributed by atoms with van der Waals surface area (Å²) < 4.78 is 19.2. The number of hydrogen-bond donors (Lipinski definition) is 1. The summed E-state index contributed by atoms with van der Waals surface area (Å²) in [7, 11) is 5.50. The second-order valence-corrected chi connectivity index (χ2v) is 5.17. The molecule has 0 spiro atoms. The zero-order valence-corrected chi connectivity index (χ0v) is 12.9. The lowest BCUT2D eigenvalue weighted by molar-refractivity contribution is 0.410. The molecule has 0 aromatic heterocycles. The first-order valence-corrected chi connectivity index (χ1v) is 6.89. The van der Waals surface area contributed by atoms with Crippen LogP contribution in [0.3, 0.4) is 0 Å². The van der Waals surface area contributed by atoms with Gasteiger partial charge < -0.3 is 15.0 Å². The third-order valence-electron chi connectivity index (χ3n) is 3.43. The van der Waals surface area contributed by atoms with Crippen LogP contribution in [0.4, 0.5) is 15.8 Å². The number of benzene rings is 2. The van der Waals surface area contributed by atoms with Crippen LogP contribution >= 0.6 is 0 Å². The van der Waals surface area contributed by atoms with E-state index in [9.17, 15) is 4.39 Å². The second-order valence-electron chi connectivity index (χ2n) is 5.17. The van der Waals surface area contributed by atoms with Crippen molar-refractivity contribution in [2.45, 2.75) is 13.0 Å². The molecule has 0 aliphatic carbocycles. The maximum atomic E-state index is 14.1. The van der Waals surface area contributed by atoms with E-state index < -0.39 is 0 Å². The Labute approximate surface area is 125 Å². The molecule has 1 N–H and O–H groups in total. The van der Waals surface area contributed by atoms with E-state index >= 15 is 0 Å². The van der Waals surface area contributed by atoms with Crippen LogP contribution in [-0.2, 0) is 0 Å². The Morgan fingerprint density at radius 1 is 1.14 bits per heavy atom. The zero-order valence-electron chi connectivity index (χ0n) is 12.9. The van der Waals surface area contributed by atoms with Crippen LogP contribution in [0.5, 0.6) is 5.75 Å². The SMILES string of the molecule is COc1ccc(C(C)Nc2ccccc2N(C)C)c(F)c1. The van der Waals surface area contributed by atoms with Gasteiger partial charge >= 0.3 is 0 Å². The molecule has 2 aromatic rings. The Balaban J connectivity index is 2.24. The number of nitrogens with zero attached hydrogens (tertiary/aromatic N) is 1. The third-order valence-corrected chi connectivity index (χ3v) is 3.43. The van der Waals surface area contributed by atoms with E-state index in [4.69, 9.17) is 4.74 Å².